The fourth-order valence-corrected chi connectivity index (χ4v) is 2.55. The van der Waals surface area contributed by atoms with Crippen LogP contribution in [0.4, 0.5) is 0 Å². The van der Waals surface area contributed by atoms with E-state index in [-0.39, 0.29) is 0 Å². The highest BCUT2D eigenvalue weighted by molar-refractivity contribution is 5.81. The first-order chi connectivity index (χ1) is 9.36. The summed E-state index contributed by atoms with van der Waals surface area (Å²) in [6, 6.07) is 0. The monoisotopic (exact) mass is 282 g/mol. The van der Waals surface area contributed by atoms with Gasteiger partial charge in [0.1, 0.15) is 13.2 Å². The van der Waals surface area contributed by atoms with Crippen LogP contribution < -0.4 is 0 Å². The minimum Gasteiger partial charge on any atom is -0.341 e. The average Bonchev–Trinajstić information content (AvgIpc) is 2.71. The van der Waals surface area contributed by atoms with Gasteiger partial charge in [0.15, 0.2) is 5.82 Å². The van der Waals surface area contributed by atoms with Crippen molar-refractivity contribution in [1.82, 2.24) is 19.6 Å². The van der Waals surface area contributed by atoms with Crippen molar-refractivity contribution < 1.29 is 4.58 Å². The van der Waals surface area contributed by atoms with Crippen LogP contribution in [0.5, 0.6) is 0 Å². The van der Waals surface area contributed by atoms with Gasteiger partial charge in [-0.15, -0.1) is 0 Å². The van der Waals surface area contributed by atoms with Crippen LogP contribution in [0.2, 0.25) is 0 Å². The third-order valence-electron chi connectivity index (χ3n) is 3.70. The molecule has 0 aliphatic carbocycles. The molecule has 0 saturated heterocycles. The molecule has 5 nitrogen and oxygen atoms in total. The predicted molar refractivity (Wildman–Crippen MR) is 86.0 cm³/mol. The van der Waals surface area contributed by atoms with Crippen molar-refractivity contribution in [2.45, 2.75) is 13.3 Å². The molecule has 0 N–H and O–H groups in total. The molecular formula is C15H32N5+. The van der Waals surface area contributed by atoms with Crippen molar-refractivity contribution in [3.63, 3.8) is 0 Å². The molecule has 0 aromatic heterocycles. The molecule has 0 radical (unpaired) electrons. The van der Waals surface area contributed by atoms with Gasteiger partial charge in [0.25, 0.3) is 5.84 Å². The molecule has 0 amide bonds. The predicted octanol–water partition coefficient (Wildman–Crippen LogP) is 0.607. The molecule has 0 atom stereocenters. The van der Waals surface area contributed by atoms with Gasteiger partial charge in [0.05, 0.1) is 14.1 Å². The summed E-state index contributed by atoms with van der Waals surface area (Å²) >= 11 is 0. The Morgan fingerprint density at radius 2 is 1.90 bits per heavy atom. The highest BCUT2D eigenvalue weighted by Gasteiger charge is 2.29. The smallest absolute Gasteiger partial charge is 0.268 e. The summed E-state index contributed by atoms with van der Waals surface area (Å²) in [5.41, 5.74) is 0. The Kier molecular flexibility index (Phi) is 6.49. The maximum absolute atomic E-state index is 2.35. The van der Waals surface area contributed by atoms with Gasteiger partial charge in [0, 0.05) is 20.1 Å². The first kappa shape index (κ1) is 17.0. The first-order valence-electron chi connectivity index (χ1n) is 7.42. The molecule has 0 bridgehead atoms. The molecule has 0 spiro atoms. The van der Waals surface area contributed by atoms with Crippen LogP contribution in [-0.4, -0.2) is 98.6 Å². The molecule has 0 aromatic carbocycles. The molecule has 0 saturated carbocycles. The van der Waals surface area contributed by atoms with Gasteiger partial charge in [-0.1, -0.05) is 6.92 Å². The van der Waals surface area contributed by atoms with Crippen LogP contribution in [0.25, 0.3) is 0 Å². The summed E-state index contributed by atoms with van der Waals surface area (Å²) in [5, 5.41) is 0. The number of allylic oxidation sites excluding steroid dienone is 1. The molecule has 1 rings (SSSR count). The van der Waals surface area contributed by atoms with Crippen molar-refractivity contribution >= 4 is 5.84 Å². The lowest BCUT2D eigenvalue weighted by molar-refractivity contribution is -0.508. The van der Waals surface area contributed by atoms with E-state index in [1.807, 2.05) is 0 Å². The normalized spacial score (nSPS) is 17.3. The average molecular weight is 282 g/mol. The number of hydrogen-bond donors (Lipinski definition) is 0. The van der Waals surface area contributed by atoms with Crippen molar-refractivity contribution in [2.75, 3.05) is 68.6 Å². The Hall–Kier alpha value is -1.07. The molecule has 1 aliphatic heterocycles. The highest BCUT2D eigenvalue weighted by Crippen LogP contribution is 2.12. The molecule has 0 aromatic rings. The van der Waals surface area contributed by atoms with Gasteiger partial charge in [-0.2, -0.15) is 0 Å². The topological polar surface area (TPSA) is 16.0 Å². The Labute approximate surface area is 124 Å². The minimum absolute atomic E-state index is 1.00. The fraction of sp³-hybridized carbons (Fsp3) is 0.800. The van der Waals surface area contributed by atoms with E-state index in [9.17, 15) is 0 Å². The van der Waals surface area contributed by atoms with Crippen LogP contribution in [-0.2, 0) is 0 Å². The van der Waals surface area contributed by atoms with E-state index >= 15 is 0 Å². The summed E-state index contributed by atoms with van der Waals surface area (Å²) < 4.78 is 2.32. The second-order valence-corrected chi connectivity index (χ2v) is 6.02. The second kappa shape index (κ2) is 7.64. The quantitative estimate of drug-likeness (QED) is 0.663. The van der Waals surface area contributed by atoms with Crippen molar-refractivity contribution in [3.05, 3.63) is 11.9 Å². The summed E-state index contributed by atoms with van der Waals surface area (Å²) in [6.07, 6.45) is 3.37. The molecule has 1 heterocycles. The largest absolute Gasteiger partial charge is 0.341 e. The van der Waals surface area contributed by atoms with Crippen LogP contribution in [0.1, 0.15) is 13.3 Å². The Bertz CT molecular complexity index is 372. The SMILES string of the molecule is CCC=C(N(C)CCN(C)C)N(C)C1=[N+](C)CN(C)C1. The second-order valence-electron chi connectivity index (χ2n) is 6.02. The van der Waals surface area contributed by atoms with E-state index in [0.717, 1.165) is 32.7 Å². The van der Waals surface area contributed by atoms with Gasteiger partial charge >= 0.3 is 0 Å². The van der Waals surface area contributed by atoms with E-state index in [0.29, 0.717) is 0 Å². The van der Waals surface area contributed by atoms with Crippen LogP contribution >= 0.6 is 0 Å². The van der Waals surface area contributed by atoms with Crippen LogP contribution in [0.3, 0.4) is 0 Å². The van der Waals surface area contributed by atoms with E-state index in [1.165, 1.54) is 11.7 Å². The zero-order chi connectivity index (χ0) is 15.3. The van der Waals surface area contributed by atoms with Crippen LogP contribution in [0, 0.1) is 0 Å². The van der Waals surface area contributed by atoms with Crippen molar-refractivity contribution in [1.29, 1.82) is 0 Å². The Morgan fingerprint density at radius 3 is 2.35 bits per heavy atom. The van der Waals surface area contributed by atoms with Crippen LogP contribution in [0.15, 0.2) is 11.9 Å². The first-order valence-corrected chi connectivity index (χ1v) is 7.42. The maximum atomic E-state index is 2.35. The van der Waals surface area contributed by atoms with E-state index in [2.05, 4.69) is 79.5 Å². The number of rotatable bonds is 6. The summed E-state index contributed by atoms with van der Waals surface area (Å²) in [5.74, 6) is 2.66. The van der Waals surface area contributed by atoms with Gasteiger partial charge in [-0.05, 0) is 33.6 Å². The summed E-state index contributed by atoms with van der Waals surface area (Å²) in [6.45, 7) is 6.31. The van der Waals surface area contributed by atoms with Crippen molar-refractivity contribution in [2.24, 2.45) is 0 Å². The Balaban J connectivity index is 2.80. The summed E-state index contributed by atoms with van der Waals surface area (Å²) in [4.78, 5) is 9.24. The summed E-state index contributed by atoms with van der Waals surface area (Å²) in [7, 11) is 12.9. The molecule has 0 fully saturated rings. The number of likely N-dealkylation sites (N-methyl/N-ethyl adjacent to an activating group) is 4. The molecular weight excluding hydrogens is 250 g/mol. The fourth-order valence-electron chi connectivity index (χ4n) is 2.55. The molecule has 116 valence electrons. The van der Waals surface area contributed by atoms with E-state index < -0.39 is 0 Å². The molecule has 5 heteroatoms. The minimum atomic E-state index is 1.00. The lowest BCUT2D eigenvalue weighted by Crippen LogP contribution is -2.40. The van der Waals surface area contributed by atoms with Gasteiger partial charge in [-0.25, -0.2) is 4.90 Å². The number of hydrogen-bond acceptors (Lipinski definition) is 4. The lowest BCUT2D eigenvalue weighted by atomic mass is 10.3. The third kappa shape index (κ3) is 4.49. The third-order valence-corrected chi connectivity index (χ3v) is 3.70. The van der Waals surface area contributed by atoms with E-state index in [4.69, 9.17) is 0 Å². The van der Waals surface area contributed by atoms with Gasteiger partial charge in [0.2, 0.25) is 0 Å². The molecule has 0 unspecified atom stereocenters. The zero-order valence-electron chi connectivity index (χ0n) is 14.3. The van der Waals surface area contributed by atoms with Gasteiger partial charge < -0.3 is 9.80 Å². The highest BCUT2D eigenvalue weighted by atomic mass is 15.4. The lowest BCUT2D eigenvalue weighted by Gasteiger charge is -2.27. The standard InChI is InChI=1S/C15H32N5/c1-8-9-14(18(5)11-10-16(2)3)20(7)15-12-17(4)13-19(15)6/h9H,8,10-13H2,1-7H3/q+1. The molecule has 1 aliphatic rings. The van der Waals surface area contributed by atoms with E-state index in [1.54, 1.807) is 0 Å². The Morgan fingerprint density at radius 1 is 1.25 bits per heavy atom. The van der Waals surface area contributed by atoms with Crippen molar-refractivity contribution in [3.8, 4) is 0 Å². The number of nitrogens with zero attached hydrogens (tertiary/aromatic N) is 5. The molecule has 20 heavy (non-hydrogen) atoms. The zero-order valence-corrected chi connectivity index (χ0v) is 14.3. The van der Waals surface area contributed by atoms with Gasteiger partial charge in [-0.3, -0.25) is 9.48 Å². The maximum Gasteiger partial charge on any atom is 0.268 e. The number of amidine groups is 1.